The summed E-state index contributed by atoms with van der Waals surface area (Å²) in [5.74, 6) is 0.817. The zero-order chi connectivity index (χ0) is 14.2. The number of aromatic nitrogens is 2. The molecule has 1 aliphatic rings. The molecule has 2 N–H and O–H groups in total. The molecule has 104 valence electrons. The van der Waals surface area contributed by atoms with Gasteiger partial charge in [0, 0.05) is 30.0 Å². The van der Waals surface area contributed by atoms with E-state index in [1.54, 1.807) is 12.1 Å². The maximum Gasteiger partial charge on any atom is 0.125 e. The third kappa shape index (κ3) is 2.14. The zero-order valence-electron chi connectivity index (χ0n) is 11.5. The largest absolute Gasteiger partial charge is 0.507 e. The van der Waals surface area contributed by atoms with Crippen molar-refractivity contribution in [3.05, 3.63) is 54.1 Å². The molecule has 3 aromatic rings. The topological polar surface area (TPSA) is 58.0 Å². The molecule has 0 atom stereocenters. The van der Waals surface area contributed by atoms with E-state index in [-0.39, 0.29) is 5.75 Å². The molecule has 1 aromatic heterocycles. The molecule has 0 unspecified atom stereocenters. The number of para-hydroxylation sites is 1. The van der Waals surface area contributed by atoms with Gasteiger partial charge >= 0.3 is 0 Å². The fraction of sp³-hybridized carbons (Fsp3) is 0.176. The van der Waals surface area contributed by atoms with Gasteiger partial charge in [-0.05, 0) is 29.8 Å². The molecule has 0 bridgehead atoms. The van der Waals surface area contributed by atoms with Gasteiger partial charge in [0.15, 0.2) is 0 Å². The van der Waals surface area contributed by atoms with E-state index in [2.05, 4.69) is 33.7 Å². The highest BCUT2D eigenvalue weighted by Gasteiger charge is 2.19. The van der Waals surface area contributed by atoms with Crippen molar-refractivity contribution in [3.63, 3.8) is 0 Å². The van der Waals surface area contributed by atoms with Crippen LogP contribution in [0.15, 0.2) is 48.5 Å². The summed E-state index contributed by atoms with van der Waals surface area (Å²) in [6.07, 6.45) is 0. The average Bonchev–Trinajstić information content (AvgIpc) is 2.45. The number of nitrogens with zero attached hydrogens (tertiary/aromatic N) is 2. The number of rotatable bonds is 2. The van der Waals surface area contributed by atoms with Crippen molar-refractivity contribution >= 4 is 10.9 Å². The van der Waals surface area contributed by atoms with Crippen LogP contribution in [0.4, 0.5) is 0 Å². The lowest BCUT2D eigenvalue weighted by Crippen LogP contribution is -2.39. The van der Waals surface area contributed by atoms with Crippen molar-refractivity contribution < 1.29 is 5.11 Å². The highest BCUT2D eigenvalue weighted by atomic mass is 16.3. The second kappa shape index (κ2) is 4.82. The number of nitrogens with one attached hydrogen (secondary N) is 1. The molecule has 1 saturated heterocycles. The third-order valence-corrected chi connectivity index (χ3v) is 4.05. The van der Waals surface area contributed by atoms with E-state index in [0.717, 1.165) is 24.0 Å². The Balaban J connectivity index is 1.78. The first-order valence-corrected chi connectivity index (χ1v) is 7.08. The first kappa shape index (κ1) is 12.3. The average molecular weight is 277 g/mol. The molecule has 0 spiro atoms. The summed E-state index contributed by atoms with van der Waals surface area (Å²) in [6, 6.07) is 15.5. The van der Waals surface area contributed by atoms with Crippen molar-refractivity contribution in [2.24, 2.45) is 0 Å². The summed E-state index contributed by atoms with van der Waals surface area (Å²) >= 11 is 0. The van der Waals surface area contributed by atoms with Crippen molar-refractivity contribution in [3.8, 4) is 17.0 Å². The van der Waals surface area contributed by atoms with Crippen LogP contribution in [0.3, 0.4) is 0 Å². The highest BCUT2D eigenvalue weighted by molar-refractivity contribution is 5.83. The van der Waals surface area contributed by atoms with E-state index in [0.29, 0.717) is 17.2 Å². The van der Waals surface area contributed by atoms with Crippen LogP contribution < -0.4 is 5.32 Å². The number of aromatic hydroxyl groups is 1. The van der Waals surface area contributed by atoms with E-state index in [4.69, 9.17) is 0 Å². The Morgan fingerprint density at radius 1 is 1.00 bits per heavy atom. The van der Waals surface area contributed by atoms with Crippen LogP contribution >= 0.6 is 0 Å². The van der Waals surface area contributed by atoms with Gasteiger partial charge in [0.25, 0.3) is 0 Å². The van der Waals surface area contributed by atoms with Crippen LogP contribution in [0, 0.1) is 0 Å². The molecule has 2 heterocycles. The quantitative estimate of drug-likeness (QED) is 0.756. The fourth-order valence-electron chi connectivity index (χ4n) is 2.65. The molecular formula is C17H15N3O. The number of fused-ring (bicyclic) bond motifs is 1. The van der Waals surface area contributed by atoms with Crippen molar-refractivity contribution in [2.45, 2.75) is 5.92 Å². The molecule has 4 nitrogen and oxygen atoms in total. The van der Waals surface area contributed by atoms with Crippen LogP contribution in [0.1, 0.15) is 11.5 Å². The van der Waals surface area contributed by atoms with Gasteiger partial charge < -0.3 is 10.4 Å². The highest BCUT2D eigenvalue weighted by Crippen LogP contribution is 2.29. The van der Waals surface area contributed by atoms with E-state index in [1.165, 1.54) is 5.56 Å². The lowest BCUT2D eigenvalue weighted by molar-refractivity contribution is 0.448. The lowest BCUT2D eigenvalue weighted by atomic mass is 9.93. The van der Waals surface area contributed by atoms with E-state index < -0.39 is 0 Å². The van der Waals surface area contributed by atoms with Gasteiger partial charge in [-0.1, -0.05) is 24.3 Å². The molecule has 21 heavy (non-hydrogen) atoms. The minimum absolute atomic E-state index is 0.225. The third-order valence-electron chi connectivity index (χ3n) is 4.05. The van der Waals surface area contributed by atoms with Gasteiger partial charge in [0.1, 0.15) is 5.75 Å². The summed E-state index contributed by atoms with van der Waals surface area (Å²) < 4.78 is 0. The van der Waals surface area contributed by atoms with Crippen molar-refractivity contribution in [1.29, 1.82) is 0 Å². The number of phenolic OH excluding ortho intramolecular Hbond substituents is 1. The van der Waals surface area contributed by atoms with Gasteiger partial charge in [-0.15, -0.1) is 10.2 Å². The molecule has 0 aliphatic carbocycles. The lowest BCUT2D eigenvalue weighted by Gasteiger charge is -2.27. The Kier molecular flexibility index (Phi) is 2.82. The van der Waals surface area contributed by atoms with Gasteiger partial charge in [0.2, 0.25) is 0 Å². The Morgan fingerprint density at radius 3 is 2.62 bits per heavy atom. The summed E-state index contributed by atoms with van der Waals surface area (Å²) in [7, 11) is 0. The first-order chi connectivity index (χ1) is 10.3. The first-order valence-electron chi connectivity index (χ1n) is 7.08. The van der Waals surface area contributed by atoms with E-state index in [9.17, 15) is 5.11 Å². The molecular weight excluding hydrogens is 262 g/mol. The predicted molar refractivity (Wildman–Crippen MR) is 82.2 cm³/mol. The fourth-order valence-corrected chi connectivity index (χ4v) is 2.65. The van der Waals surface area contributed by atoms with Crippen molar-refractivity contribution in [1.82, 2.24) is 15.5 Å². The van der Waals surface area contributed by atoms with Crippen LogP contribution in [0.5, 0.6) is 5.75 Å². The standard InChI is InChI=1S/C17H15N3O/c21-17-4-2-1-3-14(17)16-8-12-6-5-11(13-9-18-10-13)7-15(12)19-20-16/h1-8,13,18,21H,9-10H2. The molecule has 2 aromatic carbocycles. The van der Waals surface area contributed by atoms with Crippen LogP contribution in [-0.4, -0.2) is 28.4 Å². The smallest absolute Gasteiger partial charge is 0.125 e. The van der Waals surface area contributed by atoms with Gasteiger partial charge in [-0.25, -0.2) is 0 Å². The van der Waals surface area contributed by atoms with Crippen molar-refractivity contribution in [2.75, 3.05) is 13.1 Å². The van der Waals surface area contributed by atoms with Crippen LogP contribution in [-0.2, 0) is 0 Å². The maximum atomic E-state index is 9.92. The molecule has 1 fully saturated rings. The maximum absolute atomic E-state index is 9.92. The Hall–Kier alpha value is -2.46. The molecule has 0 amide bonds. The normalized spacial score (nSPS) is 15.0. The van der Waals surface area contributed by atoms with E-state index in [1.807, 2.05) is 18.2 Å². The summed E-state index contributed by atoms with van der Waals surface area (Å²) in [6.45, 7) is 2.07. The van der Waals surface area contributed by atoms with Crippen LogP contribution in [0.25, 0.3) is 22.2 Å². The minimum atomic E-state index is 0.225. The Bertz CT molecular complexity index is 812. The second-order valence-corrected chi connectivity index (χ2v) is 5.42. The molecule has 4 rings (SSSR count). The number of phenols is 1. The summed E-state index contributed by atoms with van der Waals surface area (Å²) in [5, 5.41) is 22.8. The number of benzene rings is 2. The minimum Gasteiger partial charge on any atom is -0.507 e. The number of hydrogen-bond acceptors (Lipinski definition) is 4. The molecule has 0 radical (unpaired) electrons. The molecule has 1 aliphatic heterocycles. The van der Waals surface area contributed by atoms with Crippen LogP contribution in [0.2, 0.25) is 0 Å². The summed E-state index contributed by atoms with van der Waals surface area (Å²) in [4.78, 5) is 0. The number of hydrogen-bond donors (Lipinski definition) is 2. The SMILES string of the molecule is Oc1ccccc1-c1cc2ccc(C3CNC3)cc2nn1. The Morgan fingerprint density at radius 2 is 1.86 bits per heavy atom. The monoisotopic (exact) mass is 277 g/mol. The second-order valence-electron chi connectivity index (χ2n) is 5.42. The Labute approximate surface area is 122 Å². The predicted octanol–water partition coefficient (Wildman–Crippen LogP) is 2.69. The molecule has 4 heteroatoms. The van der Waals surface area contributed by atoms with Gasteiger partial charge in [0.05, 0.1) is 11.2 Å². The molecule has 0 saturated carbocycles. The summed E-state index contributed by atoms with van der Waals surface area (Å²) in [5.41, 5.74) is 3.61. The van der Waals surface area contributed by atoms with Gasteiger partial charge in [-0.2, -0.15) is 0 Å². The van der Waals surface area contributed by atoms with Gasteiger partial charge in [-0.3, -0.25) is 0 Å². The zero-order valence-corrected chi connectivity index (χ0v) is 11.5. The van der Waals surface area contributed by atoms with E-state index >= 15 is 0 Å².